The van der Waals surface area contributed by atoms with Crippen molar-refractivity contribution in [2.24, 2.45) is 23.2 Å². The molecule has 0 aromatic rings. The summed E-state index contributed by atoms with van der Waals surface area (Å²) in [5.74, 6) is 2.46. The molecule has 0 unspecified atom stereocenters. The van der Waals surface area contributed by atoms with Crippen LogP contribution in [0.3, 0.4) is 0 Å². The molecule has 0 saturated heterocycles. The largest absolute Gasteiger partial charge is 0.299 e. The highest BCUT2D eigenvalue weighted by Crippen LogP contribution is 2.55. The first kappa shape index (κ1) is 15.0. The molecule has 4 atom stereocenters. The lowest BCUT2D eigenvalue weighted by Gasteiger charge is -2.50. The number of allylic oxidation sites excluding steroid dienone is 2. The average molecular weight is 288 g/mol. The maximum absolute atomic E-state index is 12.1. The Morgan fingerprint density at radius 2 is 1.86 bits per heavy atom. The number of Topliss-reactive ketones (excluding diaryl/α,β-unsaturated/α-hetero) is 1. The van der Waals surface area contributed by atoms with Crippen LogP contribution in [-0.4, -0.2) is 11.6 Å². The SMILES string of the molecule is C[C@H]1CC[C@H]2[C@H](CCCC1=O)CCC1=CC(=O)CC[C@@]12C. The Labute approximate surface area is 128 Å². The molecule has 3 aliphatic carbocycles. The maximum Gasteiger partial charge on any atom is 0.155 e. The van der Waals surface area contributed by atoms with Crippen molar-refractivity contribution in [3.63, 3.8) is 0 Å². The van der Waals surface area contributed by atoms with E-state index in [-0.39, 0.29) is 11.3 Å². The molecular formula is C19H28O2. The van der Waals surface area contributed by atoms with Crippen molar-refractivity contribution in [2.75, 3.05) is 0 Å². The van der Waals surface area contributed by atoms with Crippen LogP contribution < -0.4 is 0 Å². The van der Waals surface area contributed by atoms with E-state index in [1.165, 1.54) is 24.8 Å². The Kier molecular flexibility index (Phi) is 4.07. The molecule has 0 amide bonds. The summed E-state index contributed by atoms with van der Waals surface area (Å²) < 4.78 is 0. The molecule has 3 rings (SSSR count). The molecule has 3 aliphatic rings. The third-order valence-corrected chi connectivity index (χ3v) is 6.59. The highest BCUT2D eigenvalue weighted by atomic mass is 16.1. The normalized spacial score (nSPS) is 41.2. The van der Waals surface area contributed by atoms with Crippen molar-refractivity contribution in [1.29, 1.82) is 0 Å². The topological polar surface area (TPSA) is 34.1 Å². The van der Waals surface area contributed by atoms with Crippen LogP contribution in [0.15, 0.2) is 11.6 Å². The first-order valence-electron chi connectivity index (χ1n) is 8.77. The standard InChI is InChI=1S/C19H28O2/c1-13-6-9-17-14(4-3-5-18(13)21)7-8-15-12-16(20)10-11-19(15,17)2/h12-14,17H,3-11H2,1-2H3/t13-,14+,17-,19-/m0/s1. The van der Waals surface area contributed by atoms with Crippen LogP contribution in [0.5, 0.6) is 0 Å². The monoisotopic (exact) mass is 288 g/mol. The Morgan fingerprint density at radius 1 is 1.05 bits per heavy atom. The van der Waals surface area contributed by atoms with Crippen molar-refractivity contribution in [1.82, 2.24) is 0 Å². The highest BCUT2D eigenvalue weighted by molar-refractivity contribution is 5.91. The van der Waals surface area contributed by atoms with E-state index in [0.29, 0.717) is 17.5 Å². The van der Waals surface area contributed by atoms with Crippen molar-refractivity contribution in [3.8, 4) is 0 Å². The van der Waals surface area contributed by atoms with Crippen molar-refractivity contribution in [2.45, 2.75) is 71.6 Å². The highest BCUT2D eigenvalue weighted by Gasteiger charge is 2.46. The number of carbonyl (C=O) groups is 2. The minimum absolute atomic E-state index is 0.226. The van der Waals surface area contributed by atoms with Crippen LogP contribution in [0, 0.1) is 23.2 Å². The van der Waals surface area contributed by atoms with E-state index in [1.807, 2.05) is 6.08 Å². The van der Waals surface area contributed by atoms with Gasteiger partial charge in [0, 0.05) is 18.8 Å². The van der Waals surface area contributed by atoms with Gasteiger partial charge >= 0.3 is 0 Å². The summed E-state index contributed by atoms with van der Waals surface area (Å²) in [7, 11) is 0. The summed E-state index contributed by atoms with van der Waals surface area (Å²) in [6.45, 7) is 4.50. The predicted octanol–water partition coefficient (Wildman–Crippen LogP) is 4.48. The van der Waals surface area contributed by atoms with Crippen molar-refractivity contribution in [3.05, 3.63) is 11.6 Å². The van der Waals surface area contributed by atoms with Gasteiger partial charge in [0.05, 0.1) is 0 Å². The van der Waals surface area contributed by atoms with E-state index in [4.69, 9.17) is 0 Å². The van der Waals surface area contributed by atoms with Gasteiger partial charge in [0.15, 0.2) is 5.78 Å². The number of ketones is 2. The Hall–Kier alpha value is -0.920. The Bertz CT molecular complexity index is 476. The van der Waals surface area contributed by atoms with Gasteiger partial charge in [-0.1, -0.05) is 19.4 Å². The van der Waals surface area contributed by atoms with Crippen molar-refractivity contribution < 1.29 is 9.59 Å². The molecule has 0 spiro atoms. The number of hydrogen-bond acceptors (Lipinski definition) is 2. The molecule has 116 valence electrons. The molecule has 0 N–H and O–H groups in total. The first-order valence-corrected chi connectivity index (χ1v) is 8.77. The molecule has 0 aromatic carbocycles. The minimum Gasteiger partial charge on any atom is -0.299 e. The van der Waals surface area contributed by atoms with Gasteiger partial charge in [0.1, 0.15) is 5.78 Å². The smallest absolute Gasteiger partial charge is 0.155 e. The van der Waals surface area contributed by atoms with Crippen LogP contribution in [0.1, 0.15) is 71.6 Å². The molecule has 2 heteroatoms. The Morgan fingerprint density at radius 3 is 2.67 bits per heavy atom. The fourth-order valence-corrected chi connectivity index (χ4v) is 5.09. The third kappa shape index (κ3) is 2.74. The van der Waals surface area contributed by atoms with Gasteiger partial charge in [-0.15, -0.1) is 0 Å². The number of fused-ring (bicyclic) bond motifs is 3. The van der Waals surface area contributed by atoms with Gasteiger partial charge in [-0.2, -0.15) is 0 Å². The van der Waals surface area contributed by atoms with E-state index in [1.54, 1.807) is 0 Å². The molecular weight excluding hydrogens is 260 g/mol. The summed E-state index contributed by atoms with van der Waals surface area (Å²) in [6.07, 6.45) is 11.3. The van der Waals surface area contributed by atoms with Crippen LogP contribution in [0.4, 0.5) is 0 Å². The lowest BCUT2D eigenvalue weighted by atomic mass is 9.54. The van der Waals surface area contributed by atoms with Crippen LogP contribution in [0.25, 0.3) is 0 Å². The lowest BCUT2D eigenvalue weighted by molar-refractivity contribution is -0.122. The van der Waals surface area contributed by atoms with Crippen molar-refractivity contribution >= 4 is 11.6 Å². The predicted molar refractivity (Wildman–Crippen MR) is 83.9 cm³/mol. The zero-order valence-corrected chi connectivity index (χ0v) is 13.5. The van der Waals surface area contributed by atoms with Gasteiger partial charge < -0.3 is 0 Å². The second kappa shape index (κ2) is 5.70. The van der Waals surface area contributed by atoms with E-state index < -0.39 is 0 Å². The van der Waals surface area contributed by atoms with E-state index in [0.717, 1.165) is 44.4 Å². The molecule has 0 radical (unpaired) electrons. The maximum atomic E-state index is 12.1. The first-order chi connectivity index (χ1) is 10.0. The second-order valence-electron chi connectivity index (χ2n) is 7.80. The molecule has 0 heterocycles. The molecule has 0 aliphatic heterocycles. The summed E-state index contributed by atoms with van der Waals surface area (Å²) in [6, 6.07) is 0. The van der Waals surface area contributed by atoms with E-state index in [2.05, 4.69) is 13.8 Å². The summed E-state index contributed by atoms with van der Waals surface area (Å²) >= 11 is 0. The average Bonchev–Trinajstić information content (AvgIpc) is 2.52. The molecule has 2 nitrogen and oxygen atoms in total. The fourth-order valence-electron chi connectivity index (χ4n) is 5.09. The summed E-state index contributed by atoms with van der Waals surface area (Å²) in [5.41, 5.74) is 1.64. The molecule has 2 fully saturated rings. The van der Waals surface area contributed by atoms with Gasteiger partial charge in [-0.3, -0.25) is 9.59 Å². The number of hydrogen-bond donors (Lipinski definition) is 0. The van der Waals surface area contributed by atoms with Gasteiger partial charge in [0.25, 0.3) is 0 Å². The Balaban J connectivity index is 1.87. The summed E-state index contributed by atoms with van der Waals surface area (Å²) in [4.78, 5) is 23.8. The third-order valence-electron chi connectivity index (χ3n) is 6.59. The number of rotatable bonds is 0. The van der Waals surface area contributed by atoms with Gasteiger partial charge in [-0.05, 0) is 68.3 Å². The second-order valence-corrected chi connectivity index (χ2v) is 7.80. The quantitative estimate of drug-likeness (QED) is 0.658. The van der Waals surface area contributed by atoms with Crippen LogP contribution in [0.2, 0.25) is 0 Å². The van der Waals surface area contributed by atoms with E-state index in [9.17, 15) is 9.59 Å². The van der Waals surface area contributed by atoms with Gasteiger partial charge in [0.2, 0.25) is 0 Å². The molecule has 0 aromatic heterocycles. The molecule has 0 bridgehead atoms. The van der Waals surface area contributed by atoms with Gasteiger partial charge in [-0.25, -0.2) is 0 Å². The molecule has 2 saturated carbocycles. The lowest BCUT2D eigenvalue weighted by Crippen LogP contribution is -2.41. The van der Waals surface area contributed by atoms with E-state index >= 15 is 0 Å². The van der Waals surface area contributed by atoms with Crippen LogP contribution in [-0.2, 0) is 9.59 Å². The number of carbonyl (C=O) groups excluding carboxylic acids is 2. The molecule has 21 heavy (non-hydrogen) atoms. The minimum atomic E-state index is 0.226. The zero-order chi connectivity index (χ0) is 15.0. The fraction of sp³-hybridized carbons (Fsp3) is 0.789. The summed E-state index contributed by atoms with van der Waals surface area (Å²) in [5, 5.41) is 0. The zero-order valence-electron chi connectivity index (χ0n) is 13.5. The van der Waals surface area contributed by atoms with Crippen LogP contribution >= 0.6 is 0 Å².